The molecule has 2 heterocycles. The van der Waals surface area contributed by atoms with Crippen molar-refractivity contribution < 1.29 is 69.0 Å². The summed E-state index contributed by atoms with van der Waals surface area (Å²) in [5.74, 6) is -0.391. The Bertz CT molecular complexity index is 1460. The average molecular weight is 1020 g/mol. The molecule has 0 aliphatic carbocycles. The fraction of sp³-hybridized carbons (Fsp3) is 0.776. The fourth-order valence-electron chi connectivity index (χ4n) is 8.46. The molecule has 0 radical (unpaired) electrons. The van der Waals surface area contributed by atoms with Crippen molar-refractivity contribution in [1.82, 2.24) is 0 Å². The molecule has 11 unspecified atom stereocenters. The molecule has 416 valence electrons. The van der Waals surface area contributed by atoms with Gasteiger partial charge in [-0.05, 0) is 64.2 Å². The Morgan fingerprint density at radius 3 is 1.42 bits per heavy atom. The summed E-state index contributed by atoms with van der Waals surface area (Å²) in [7, 11) is 0. The van der Waals surface area contributed by atoms with Crippen molar-refractivity contribution in [2.75, 3.05) is 33.0 Å². The number of esters is 1. The van der Waals surface area contributed by atoms with Gasteiger partial charge in [0.1, 0.15) is 54.9 Å². The molecule has 0 aromatic carbocycles. The quantitative estimate of drug-likeness (QED) is 0.0172. The van der Waals surface area contributed by atoms with Crippen LogP contribution in [0.1, 0.15) is 187 Å². The lowest BCUT2D eigenvalue weighted by molar-refractivity contribution is -0.332. The van der Waals surface area contributed by atoms with Crippen LogP contribution >= 0.6 is 0 Å². The largest absolute Gasteiger partial charge is 0.457 e. The van der Waals surface area contributed by atoms with E-state index in [1.807, 2.05) is 0 Å². The van der Waals surface area contributed by atoms with Gasteiger partial charge in [-0.2, -0.15) is 0 Å². The van der Waals surface area contributed by atoms with Crippen molar-refractivity contribution in [3.05, 3.63) is 72.9 Å². The SMILES string of the molecule is CC/C=C\C/C=C\C/C=C\C/C=C\C/C=C\C/C=C\CCCCCCCCC(=O)OC(COCCCCCCCCCCCCCCC)COC1OC(COC2OC(CO)C(O)C(O)C2O)C(O)C(O)C1O. The van der Waals surface area contributed by atoms with E-state index in [2.05, 4.69) is 86.8 Å². The Morgan fingerprint density at radius 2 is 0.903 bits per heavy atom. The highest BCUT2D eigenvalue weighted by atomic mass is 16.7. The topological polar surface area (TPSA) is 214 Å². The summed E-state index contributed by atoms with van der Waals surface area (Å²) in [5, 5.41) is 72.2. The number of aliphatic hydroxyl groups excluding tert-OH is 7. The van der Waals surface area contributed by atoms with Crippen molar-refractivity contribution in [3.63, 3.8) is 0 Å². The molecule has 14 nitrogen and oxygen atoms in total. The number of carbonyl (C=O) groups excluding carboxylic acids is 1. The Labute approximate surface area is 434 Å². The maximum Gasteiger partial charge on any atom is 0.306 e. The van der Waals surface area contributed by atoms with E-state index in [9.17, 15) is 40.5 Å². The third kappa shape index (κ3) is 31.3. The summed E-state index contributed by atoms with van der Waals surface area (Å²) in [5.41, 5.74) is 0. The molecule has 11 atom stereocenters. The highest BCUT2D eigenvalue weighted by molar-refractivity contribution is 5.69. The summed E-state index contributed by atoms with van der Waals surface area (Å²) in [6, 6.07) is 0. The van der Waals surface area contributed by atoms with E-state index in [-0.39, 0.29) is 19.6 Å². The summed E-state index contributed by atoms with van der Waals surface area (Å²) in [6.45, 7) is 3.55. The lowest BCUT2D eigenvalue weighted by Crippen LogP contribution is -2.61. The van der Waals surface area contributed by atoms with Gasteiger partial charge in [-0.3, -0.25) is 4.79 Å². The zero-order chi connectivity index (χ0) is 52.3. The fourth-order valence-corrected chi connectivity index (χ4v) is 8.46. The first-order chi connectivity index (χ1) is 35.1. The summed E-state index contributed by atoms with van der Waals surface area (Å²) < 4.78 is 34.3. The predicted molar refractivity (Wildman–Crippen MR) is 284 cm³/mol. The lowest BCUT2D eigenvalue weighted by Gasteiger charge is -2.42. The molecule has 72 heavy (non-hydrogen) atoms. The van der Waals surface area contributed by atoms with Gasteiger partial charge in [-0.1, -0.05) is 189 Å². The van der Waals surface area contributed by atoms with Crippen LogP contribution in [0.25, 0.3) is 0 Å². The minimum atomic E-state index is -1.71. The molecule has 0 bridgehead atoms. The third-order valence-electron chi connectivity index (χ3n) is 13.0. The van der Waals surface area contributed by atoms with E-state index in [0.29, 0.717) is 13.0 Å². The molecule has 14 heteroatoms. The van der Waals surface area contributed by atoms with Crippen molar-refractivity contribution in [2.24, 2.45) is 0 Å². The van der Waals surface area contributed by atoms with Crippen LogP contribution in [0.5, 0.6) is 0 Å². The normalized spacial score (nSPS) is 25.7. The average Bonchev–Trinajstić information content (AvgIpc) is 3.38. The molecule has 2 fully saturated rings. The summed E-state index contributed by atoms with van der Waals surface area (Å²) in [6.07, 6.45) is 39.6. The van der Waals surface area contributed by atoms with E-state index in [1.54, 1.807) is 0 Å². The van der Waals surface area contributed by atoms with Crippen molar-refractivity contribution >= 4 is 5.97 Å². The van der Waals surface area contributed by atoms with Crippen LogP contribution in [-0.2, 0) is 33.2 Å². The van der Waals surface area contributed by atoms with Crippen LogP contribution in [0.15, 0.2) is 72.9 Å². The molecule has 2 aliphatic rings. The molecular weight excluding hydrogens is 921 g/mol. The predicted octanol–water partition coefficient (Wildman–Crippen LogP) is 9.47. The summed E-state index contributed by atoms with van der Waals surface area (Å²) in [4.78, 5) is 13.1. The second-order valence-corrected chi connectivity index (χ2v) is 19.4. The maximum atomic E-state index is 13.1. The van der Waals surface area contributed by atoms with Gasteiger partial charge >= 0.3 is 5.97 Å². The van der Waals surface area contributed by atoms with Gasteiger partial charge in [0.25, 0.3) is 0 Å². The Hall–Kier alpha value is -2.57. The molecule has 0 amide bonds. The van der Waals surface area contributed by atoms with Crippen LogP contribution in [0, 0.1) is 0 Å². The van der Waals surface area contributed by atoms with Crippen LogP contribution in [0.4, 0.5) is 0 Å². The maximum absolute atomic E-state index is 13.1. The standard InChI is InChI=1S/C58H100O14/c1-3-5-7-9-11-13-15-17-18-19-20-21-22-23-24-25-26-27-28-29-31-33-35-37-39-41-50(60)70-47(44-67-42-40-38-36-34-32-30-16-14-12-10-8-6-4-2)45-68-57-56(66)54(64)52(62)49(72-57)46-69-58-55(65)53(63)51(61)48(43-59)71-58/h5,7,11,13,17-18,20-21,23-24,26-27,47-49,51-59,61-66H,3-4,6,8-10,12,14-16,19,22,25,28-46H2,1-2H3/b7-5-,13-11-,18-17-,21-20-,24-23-,27-26-. The first kappa shape index (κ1) is 65.5. The number of hydrogen-bond donors (Lipinski definition) is 7. The molecule has 2 aliphatic heterocycles. The van der Waals surface area contributed by atoms with Crippen LogP contribution in [0.2, 0.25) is 0 Å². The number of allylic oxidation sites excluding steroid dienone is 12. The van der Waals surface area contributed by atoms with Gasteiger partial charge in [0.15, 0.2) is 12.6 Å². The van der Waals surface area contributed by atoms with Gasteiger partial charge in [0, 0.05) is 13.0 Å². The number of aliphatic hydroxyl groups is 7. The number of carbonyl (C=O) groups is 1. The van der Waals surface area contributed by atoms with Gasteiger partial charge in [0.05, 0.1) is 26.4 Å². The van der Waals surface area contributed by atoms with Gasteiger partial charge in [-0.15, -0.1) is 0 Å². The van der Waals surface area contributed by atoms with Crippen molar-refractivity contribution in [2.45, 2.75) is 255 Å². The highest BCUT2D eigenvalue weighted by Crippen LogP contribution is 2.26. The van der Waals surface area contributed by atoms with Gasteiger partial charge in [0.2, 0.25) is 0 Å². The van der Waals surface area contributed by atoms with Gasteiger partial charge < -0.3 is 64.2 Å². The number of rotatable bonds is 44. The third-order valence-corrected chi connectivity index (χ3v) is 13.0. The van der Waals surface area contributed by atoms with E-state index in [4.69, 9.17) is 28.4 Å². The van der Waals surface area contributed by atoms with E-state index in [1.165, 1.54) is 64.2 Å². The van der Waals surface area contributed by atoms with Gasteiger partial charge in [-0.25, -0.2) is 0 Å². The number of ether oxygens (including phenoxy) is 6. The Balaban J connectivity index is 1.72. The smallest absolute Gasteiger partial charge is 0.306 e. The highest BCUT2D eigenvalue weighted by Gasteiger charge is 2.47. The molecule has 0 spiro atoms. The van der Waals surface area contributed by atoms with E-state index < -0.39 is 86.7 Å². The zero-order valence-corrected chi connectivity index (χ0v) is 44.4. The molecule has 7 N–H and O–H groups in total. The molecule has 2 rings (SSSR count). The second kappa shape index (κ2) is 44.7. The molecule has 0 aromatic heterocycles. The van der Waals surface area contributed by atoms with Crippen molar-refractivity contribution in [3.8, 4) is 0 Å². The Morgan fingerprint density at radius 1 is 0.472 bits per heavy atom. The van der Waals surface area contributed by atoms with E-state index >= 15 is 0 Å². The molecular formula is C58H100O14. The summed E-state index contributed by atoms with van der Waals surface area (Å²) >= 11 is 0. The monoisotopic (exact) mass is 1020 g/mol. The van der Waals surface area contributed by atoms with Crippen molar-refractivity contribution in [1.29, 1.82) is 0 Å². The number of hydrogen-bond acceptors (Lipinski definition) is 14. The van der Waals surface area contributed by atoms with Crippen LogP contribution in [-0.4, -0.2) is 142 Å². The van der Waals surface area contributed by atoms with Crippen LogP contribution < -0.4 is 0 Å². The minimum absolute atomic E-state index is 0.0540. The first-order valence-electron chi connectivity index (χ1n) is 28.0. The number of unbranched alkanes of at least 4 members (excludes halogenated alkanes) is 18. The molecule has 0 aromatic rings. The molecule has 0 saturated carbocycles. The Kier molecular flexibility index (Phi) is 40.7. The lowest BCUT2D eigenvalue weighted by atomic mass is 9.98. The molecule has 2 saturated heterocycles. The van der Waals surface area contributed by atoms with Crippen LogP contribution in [0.3, 0.4) is 0 Å². The minimum Gasteiger partial charge on any atom is -0.457 e. The zero-order valence-electron chi connectivity index (χ0n) is 44.4. The second-order valence-electron chi connectivity index (χ2n) is 19.4. The van der Waals surface area contributed by atoms with E-state index in [0.717, 1.165) is 96.3 Å². The first-order valence-corrected chi connectivity index (χ1v) is 28.0.